The highest BCUT2D eigenvalue weighted by molar-refractivity contribution is 9.10. The maximum absolute atomic E-state index is 9.62. The monoisotopic (exact) mass is 321 g/mol. The van der Waals surface area contributed by atoms with Gasteiger partial charge in [0.15, 0.2) is 0 Å². The molecule has 100 valence electrons. The number of hydrogen-bond acceptors (Lipinski definition) is 4. The summed E-state index contributed by atoms with van der Waals surface area (Å²) >= 11 is 3.39. The molecule has 1 aromatic rings. The molecule has 0 amide bonds. The number of benzene rings is 1. The lowest BCUT2D eigenvalue weighted by Gasteiger charge is -2.45. The number of hydrazone groups is 1. The zero-order valence-corrected chi connectivity index (χ0v) is 12.1. The van der Waals surface area contributed by atoms with Crippen LogP contribution in [0.3, 0.4) is 0 Å². The molecule has 0 saturated carbocycles. The van der Waals surface area contributed by atoms with Crippen LogP contribution in [0, 0.1) is 5.92 Å². The van der Waals surface area contributed by atoms with Crippen molar-refractivity contribution in [3.8, 4) is 5.75 Å². The predicted molar refractivity (Wildman–Crippen MR) is 77.2 cm³/mol. The Morgan fingerprint density at radius 2 is 2.11 bits per heavy atom. The minimum atomic E-state index is 0.218. The molecule has 0 aromatic heterocycles. The van der Waals surface area contributed by atoms with Gasteiger partial charge in [0.25, 0.3) is 0 Å². The minimum Gasteiger partial charge on any atom is -0.507 e. The van der Waals surface area contributed by atoms with Crippen molar-refractivity contribution in [2.75, 3.05) is 13.1 Å². The third-order valence-electron chi connectivity index (χ3n) is 4.62. The Balaban J connectivity index is 1.69. The van der Waals surface area contributed by atoms with Gasteiger partial charge >= 0.3 is 0 Å². The molecule has 0 spiro atoms. The summed E-state index contributed by atoms with van der Waals surface area (Å²) < 4.78 is 0.746. The summed E-state index contributed by atoms with van der Waals surface area (Å²) in [6.45, 7) is 2.37. The van der Waals surface area contributed by atoms with Gasteiger partial charge in [0.1, 0.15) is 5.75 Å². The van der Waals surface area contributed by atoms with Crippen molar-refractivity contribution in [3.63, 3.8) is 0 Å². The van der Waals surface area contributed by atoms with Gasteiger partial charge in [-0.1, -0.05) is 6.07 Å². The maximum atomic E-state index is 9.62. The van der Waals surface area contributed by atoms with Crippen LogP contribution in [0.2, 0.25) is 0 Å². The number of halogens is 1. The summed E-state index contributed by atoms with van der Waals surface area (Å²) in [5, 5.41) is 14.2. The Morgan fingerprint density at radius 1 is 1.32 bits per heavy atom. The van der Waals surface area contributed by atoms with Crippen molar-refractivity contribution in [1.29, 1.82) is 0 Å². The molecule has 19 heavy (non-hydrogen) atoms. The summed E-state index contributed by atoms with van der Waals surface area (Å²) in [6, 6.07) is 6.35. The maximum Gasteiger partial charge on any atom is 0.129 e. The Kier molecular flexibility index (Phi) is 2.60. The fourth-order valence-corrected chi connectivity index (χ4v) is 4.03. The first kappa shape index (κ1) is 11.7. The van der Waals surface area contributed by atoms with E-state index < -0.39 is 0 Å². The molecule has 4 aliphatic rings. The summed E-state index contributed by atoms with van der Waals surface area (Å²) in [7, 11) is 0. The van der Waals surface area contributed by atoms with Crippen molar-refractivity contribution in [3.05, 3.63) is 28.2 Å². The van der Waals surface area contributed by atoms with Crippen molar-refractivity contribution in [2.45, 2.75) is 24.9 Å². The second kappa shape index (κ2) is 4.21. The van der Waals surface area contributed by atoms with Crippen LogP contribution >= 0.6 is 15.9 Å². The molecular formula is C14H16BrN3O. The van der Waals surface area contributed by atoms with E-state index in [0.29, 0.717) is 12.0 Å². The van der Waals surface area contributed by atoms with E-state index in [1.54, 1.807) is 6.07 Å². The van der Waals surface area contributed by atoms with E-state index in [4.69, 9.17) is 0 Å². The number of aromatic hydroxyl groups is 1. The van der Waals surface area contributed by atoms with Gasteiger partial charge in [-0.05, 0) is 59.6 Å². The summed E-state index contributed by atoms with van der Waals surface area (Å²) in [6.07, 6.45) is 2.51. The van der Waals surface area contributed by atoms with E-state index in [0.717, 1.165) is 4.47 Å². The number of nitrogens with one attached hydrogen (secondary N) is 1. The Morgan fingerprint density at radius 3 is 2.84 bits per heavy atom. The normalized spacial score (nSPS) is 35.7. The Labute approximate surface area is 120 Å². The highest BCUT2D eigenvalue weighted by atomic mass is 79.9. The van der Waals surface area contributed by atoms with Crippen LogP contribution < -0.4 is 5.43 Å². The molecule has 0 radical (unpaired) electrons. The summed E-state index contributed by atoms with van der Waals surface area (Å²) in [5.41, 5.74) is 5.83. The summed E-state index contributed by atoms with van der Waals surface area (Å²) in [4.78, 5) is 2.55. The fraction of sp³-hybridized carbons (Fsp3) is 0.500. The highest BCUT2D eigenvalue weighted by Crippen LogP contribution is 2.40. The molecule has 2 atom stereocenters. The van der Waals surface area contributed by atoms with Crippen LogP contribution in [0.5, 0.6) is 5.75 Å². The van der Waals surface area contributed by atoms with E-state index in [1.165, 1.54) is 37.2 Å². The first-order chi connectivity index (χ1) is 9.24. The van der Waals surface area contributed by atoms with Crippen LogP contribution in [-0.4, -0.2) is 34.8 Å². The lowest BCUT2D eigenvalue weighted by molar-refractivity contribution is 0.133. The van der Waals surface area contributed by atoms with E-state index in [-0.39, 0.29) is 11.8 Å². The van der Waals surface area contributed by atoms with Crippen LogP contribution in [0.4, 0.5) is 0 Å². The number of piperidine rings is 3. The third kappa shape index (κ3) is 1.71. The fourth-order valence-electron chi connectivity index (χ4n) is 3.63. The molecule has 0 aliphatic carbocycles. The lowest BCUT2D eigenvalue weighted by Crippen LogP contribution is -2.56. The number of phenols is 1. The van der Waals surface area contributed by atoms with Gasteiger partial charge in [0.2, 0.25) is 0 Å². The second-order valence-electron chi connectivity index (χ2n) is 5.61. The standard InChI is InChI=1S/C14H16BrN3O/c15-10-7-9(1-2-11(10)19)13-14-12(16-17-13)8-3-5-18(14)6-4-8/h1-2,7-8,13-14,17,19H,3-6H2. The van der Waals surface area contributed by atoms with E-state index in [1.807, 2.05) is 12.1 Å². The molecule has 4 nitrogen and oxygen atoms in total. The number of rotatable bonds is 1. The van der Waals surface area contributed by atoms with Crippen LogP contribution in [-0.2, 0) is 0 Å². The molecular weight excluding hydrogens is 306 g/mol. The van der Waals surface area contributed by atoms with E-state index in [9.17, 15) is 5.11 Å². The van der Waals surface area contributed by atoms with Crippen LogP contribution in [0.1, 0.15) is 24.4 Å². The topological polar surface area (TPSA) is 47.9 Å². The largest absolute Gasteiger partial charge is 0.507 e. The molecule has 3 fully saturated rings. The molecule has 1 aromatic carbocycles. The predicted octanol–water partition coefficient (Wildman–Crippen LogP) is 2.25. The average molecular weight is 322 g/mol. The molecule has 3 saturated heterocycles. The highest BCUT2D eigenvalue weighted by Gasteiger charge is 2.46. The molecule has 2 bridgehead atoms. The minimum absolute atomic E-state index is 0.218. The van der Waals surface area contributed by atoms with Crippen molar-refractivity contribution < 1.29 is 5.11 Å². The first-order valence-electron chi connectivity index (χ1n) is 6.79. The van der Waals surface area contributed by atoms with Crippen molar-refractivity contribution in [1.82, 2.24) is 10.3 Å². The number of phenolic OH excluding ortho intramolecular Hbond substituents is 1. The van der Waals surface area contributed by atoms with Gasteiger partial charge in [-0.15, -0.1) is 0 Å². The molecule has 2 unspecified atom stereocenters. The van der Waals surface area contributed by atoms with Crippen LogP contribution in [0.25, 0.3) is 0 Å². The Bertz CT molecular complexity index is 552. The SMILES string of the molecule is Oc1ccc(C2NN=C3C4CCN(CC4)C32)cc1Br. The molecule has 5 heteroatoms. The van der Waals surface area contributed by atoms with E-state index in [2.05, 4.69) is 31.4 Å². The number of fused-ring (bicyclic) bond motifs is 2. The smallest absolute Gasteiger partial charge is 0.129 e. The van der Waals surface area contributed by atoms with Crippen LogP contribution in [0.15, 0.2) is 27.8 Å². The van der Waals surface area contributed by atoms with Gasteiger partial charge < -0.3 is 10.5 Å². The number of nitrogens with zero attached hydrogens (tertiary/aromatic N) is 2. The summed E-state index contributed by atoms with van der Waals surface area (Å²) in [5.74, 6) is 0.960. The van der Waals surface area contributed by atoms with Crippen molar-refractivity contribution >= 4 is 21.6 Å². The zero-order valence-electron chi connectivity index (χ0n) is 10.5. The zero-order chi connectivity index (χ0) is 13.0. The van der Waals surface area contributed by atoms with Gasteiger partial charge in [0, 0.05) is 5.92 Å². The second-order valence-corrected chi connectivity index (χ2v) is 6.46. The molecule has 4 aliphatic heterocycles. The lowest BCUT2D eigenvalue weighted by atomic mass is 9.78. The van der Waals surface area contributed by atoms with Crippen molar-refractivity contribution in [2.24, 2.45) is 11.0 Å². The van der Waals surface area contributed by atoms with E-state index >= 15 is 0 Å². The molecule has 2 N–H and O–H groups in total. The molecule has 5 rings (SSSR count). The number of hydrogen-bond donors (Lipinski definition) is 2. The average Bonchev–Trinajstić information content (AvgIpc) is 2.90. The Hall–Kier alpha value is -1.07. The quantitative estimate of drug-likeness (QED) is 0.834. The van der Waals surface area contributed by atoms with Gasteiger partial charge in [-0.2, -0.15) is 5.10 Å². The third-order valence-corrected chi connectivity index (χ3v) is 5.26. The molecule has 4 heterocycles. The van der Waals surface area contributed by atoms with Gasteiger partial charge in [-0.3, -0.25) is 4.90 Å². The van der Waals surface area contributed by atoms with Gasteiger partial charge in [0.05, 0.1) is 22.3 Å². The first-order valence-corrected chi connectivity index (χ1v) is 7.59. The van der Waals surface area contributed by atoms with Gasteiger partial charge in [-0.25, -0.2) is 0 Å².